The lowest BCUT2D eigenvalue weighted by Crippen LogP contribution is -2.46. The average molecular weight is 337 g/mol. The molecule has 0 radical (unpaired) electrons. The van der Waals surface area contributed by atoms with Gasteiger partial charge in [0.05, 0.1) is 18.9 Å². The van der Waals surface area contributed by atoms with Gasteiger partial charge in [0, 0.05) is 24.7 Å². The Morgan fingerprint density at radius 1 is 1.20 bits per heavy atom. The van der Waals surface area contributed by atoms with E-state index in [-0.39, 0.29) is 5.41 Å². The maximum Gasteiger partial charge on any atom is 0.125 e. The van der Waals surface area contributed by atoms with Gasteiger partial charge in [-0.15, -0.1) is 0 Å². The average Bonchev–Trinajstić information content (AvgIpc) is 2.97. The second kappa shape index (κ2) is 7.22. The van der Waals surface area contributed by atoms with Gasteiger partial charge in [0.25, 0.3) is 0 Å². The monoisotopic (exact) mass is 337 g/mol. The fourth-order valence-electron chi connectivity index (χ4n) is 4.40. The quantitative estimate of drug-likeness (QED) is 0.785. The minimum atomic E-state index is 0.251. The lowest BCUT2D eigenvalue weighted by atomic mass is 9.77. The highest BCUT2D eigenvalue weighted by atomic mass is 16.5. The molecule has 4 nitrogen and oxygen atoms in total. The molecular formula is C21H27N3O. The molecule has 0 amide bonds. The Morgan fingerprint density at radius 3 is 2.96 bits per heavy atom. The molecule has 25 heavy (non-hydrogen) atoms. The van der Waals surface area contributed by atoms with E-state index >= 15 is 0 Å². The first-order valence-corrected chi connectivity index (χ1v) is 9.42. The summed E-state index contributed by atoms with van der Waals surface area (Å²) in [5.74, 6) is 0.906. The summed E-state index contributed by atoms with van der Waals surface area (Å²) in [5.41, 5.74) is 4.19. The Hall–Kier alpha value is -1.78. The number of nitrogens with zero attached hydrogens (tertiary/aromatic N) is 3. The van der Waals surface area contributed by atoms with Gasteiger partial charge in [-0.1, -0.05) is 30.3 Å². The Morgan fingerprint density at radius 2 is 2.08 bits per heavy atom. The van der Waals surface area contributed by atoms with Crippen LogP contribution in [0.2, 0.25) is 0 Å². The first-order valence-electron chi connectivity index (χ1n) is 9.42. The summed E-state index contributed by atoms with van der Waals surface area (Å²) < 4.78 is 5.89. The van der Waals surface area contributed by atoms with Crippen LogP contribution in [-0.4, -0.2) is 41.1 Å². The molecule has 4 rings (SSSR count). The fraction of sp³-hybridized carbons (Fsp3) is 0.524. The van der Waals surface area contributed by atoms with Gasteiger partial charge in [0.15, 0.2) is 0 Å². The summed E-state index contributed by atoms with van der Waals surface area (Å²) in [6, 6.07) is 10.4. The first-order chi connectivity index (χ1) is 12.3. The van der Waals surface area contributed by atoms with Gasteiger partial charge in [-0.25, -0.2) is 9.97 Å². The summed E-state index contributed by atoms with van der Waals surface area (Å²) >= 11 is 0. The number of likely N-dealkylation sites (tertiary alicyclic amines) is 1. The van der Waals surface area contributed by atoms with Gasteiger partial charge in [-0.2, -0.15) is 0 Å². The Labute approximate surface area is 150 Å². The lowest BCUT2D eigenvalue weighted by molar-refractivity contribution is 0.0681. The van der Waals surface area contributed by atoms with Crippen molar-refractivity contribution < 1.29 is 4.74 Å². The third kappa shape index (κ3) is 3.60. The van der Waals surface area contributed by atoms with E-state index in [1.807, 2.05) is 19.2 Å². The SMILES string of the molecule is Cc1ncc2c(n1)C1(CCCN(CCOCc3ccccc3)C1)CC2. The minimum Gasteiger partial charge on any atom is -0.375 e. The summed E-state index contributed by atoms with van der Waals surface area (Å²) in [4.78, 5) is 11.8. The number of rotatable bonds is 5. The number of hydrogen-bond donors (Lipinski definition) is 0. The maximum absolute atomic E-state index is 5.89. The van der Waals surface area contributed by atoms with Crippen molar-refractivity contribution in [3.05, 3.63) is 59.2 Å². The Balaban J connectivity index is 1.34. The molecule has 1 aromatic carbocycles. The smallest absolute Gasteiger partial charge is 0.125 e. The van der Waals surface area contributed by atoms with Crippen LogP contribution in [0.25, 0.3) is 0 Å². The van der Waals surface area contributed by atoms with Crippen LogP contribution in [0.3, 0.4) is 0 Å². The van der Waals surface area contributed by atoms with Gasteiger partial charge in [-0.05, 0) is 50.3 Å². The normalized spacial score (nSPS) is 23.1. The van der Waals surface area contributed by atoms with E-state index < -0.39 is 0 Å². The van der Waals surface area contributed by atoms with Crippen LogP contribution in [0.15, 0.2) is 36.5 Å². The first kappa shape index (κ1) is 16.7. The molecule has 1 unspecified atom stereocenters. The van der Waals surface area contributed by atoms with Crippen molar-refractivity contribution in [1.29, 1.82) is 0 Å². The molecule has 0 N–H and O–H groups in total. The van der Waals surface area contributed by atoms with Crippen LogP contribution < -0.4 is 0 Å². The second-order valence-electron chi connectivity index (χ2n) is 7.49. The maximum atomic E-state index is 5.89. The number of hydrogen-bond acceptors (Lipinski definition) is 4. The summed E-state index contributed by atoms with van der Waals surface area (Å²) in [5, 5.41) is 0. The minimum absolute atomic E-state index is 0.251. The largest absolute Gasteiger partial charge is 0.375 e. The molecule has 132 valence electrons. The molecule has 1 aromatic heterocycles. The molecule has 1 aliphatic carbocycles. The number of ether oxygens (including phenoxy) is 1. The highest BCUT2D eigenvalue weighted by Gasteiger charge is 2.43. The van der Waals surface area contributed by atoms with E-state index in [0.717, 1.165) is 31.9 Å². The van der Waals surface area contributed by atoms with Crippen molar-refractivity contribution in [3.63, 3.8) is 0 Å². The van der Waals surface area contributed by atoms with Crippen LogP contribution in [0.4, 0.5) is 0 Å². The predicted octanol–water partition coefficient (Wildman–Crippen LogP) is 3.28. The molecule has 1 atom stereocenters. The Bertz CT molecular complexity index is 714. The van der Waals surface area contributed by atoms with Crippen molar-refractivity contribution in [2.24, 2.45) is 0 Å². The van der Waals surface area contributed by atoms with Crippen LogP contribution in [-0.2, 0) is 23.2 Å². The van der Waals surface area contributed by atoms with Crippen molar-refractivity contribution in [2.75, 3.05) is 26.2 Å². The van der Waals surface area contributed by atoms with E-state index in [1.165, 1.54) is 42.6 Å². The van der Waals surface area contributed by atoms with Gasteiger partial charge in [0.2, 0.25) is 0 Å². The molecule has 2 aliphatic rings. The summed E-state index contributed by atoms with van der Waals surface area (Å²) in [6.45, 7) is 6.80. The molecular weight excluding hydrogens is 310 g/mol. The lowest BCUT2D eigenvalue weighted by Gasteiger charge is -2.40. The molecule has 2 heterocycles. The number of fused-ring (bicyclic) bond motifs is 2. The van der Waals surface area contributed by atoms with Crippen LogP contribution in [0.5, 0.6) is 0 Å². The zero-order valence-corrected chi connectivity index (χ0v) is 15.1. The van der Waals surface area contributed by atoms with Gasteiger partial charge < -0.3 is 9.64 Å². The van der Waals surface area contributed by atoms with Gasteiger partial charge in [0.1, 0.15) is 5.82 Å². The number of aryl methyl sites for hydroxylation is 2. The number of piperidine rings is 1. The molecule has 1 aliphatic heterocycles. The molecule has 1 saturated heterocycles. The van der Waals surface area contributed by atoms with Crippen molar-refractivity contribution in [2.45, 2.75) is 44.6 Å². The van der Waals surface area contributed by atoms with E-state index in [1.54, 1.807) is 0 Å². The topological polar surface area (TPSA) is 38.2 Å². The number of benzene rings is 1. The zero-order chi connectivity index (χ0) is 17.1. The van der Waals surface area contributed by atoms with Crippen LogP contribution >= 0.6 is 0 Å². The van der Waals surface area contributed by atoms with E-state index in [0.29, 0.717) is 6.61 Å². The van der Waals surface area contributed by atoms with Crippen molar-refractivity contribution in [1.82, 2.24) is 14.9 Å². The fourth-order valence-corrected chi connectivity index (χ4v) is 4.40. The Kier molecular flexibility index (Phi) is 4.82. The van der Waals surface area contributed by atoms with E-state index in [2.05, 4.69) is 34.1 Å². The highest BCUT2D eigenvalue weighted by molar-refractivity contribution is 5.33. The highest BCUT2D eigenvalue weighted by Crippen LogP contribution is 2.43. The third-order valence-corrected chi connectivity index (χ3v) is 5.68. The molecule has 1 fully saturated rings. The summed E-state index contributed by atoms with van der Waals surface area (Å²) in [6.07, 6.45) is 6.92. The molecule has 2 aromatic rings. The second-order valence-corrected chi connectivity index (χ2v) is 7.49. The predicted molar refractivity (Wildman–Crippen MR) is 98.5 cm³/mol. The van der Waals surface area contributed by atoms with E-state index in [4.69, 9.17) is 9.72 Å². The van der Waals surface area contributed by atoms with Crippen molar-refractivity contribution >= 4 is 0 Å². The van der Waals surface area contributed by atoms with Gasteiger partial charge >= 0.3 is 0 Å². The molecule has 0 bridgehead atoms. The summed E-state index contributed by atoms with van der Waals surface area (Å²) in [7, 11) is 0. The standard InChI is InChI=1S/C21H27N3O/c1-17-22-14-19-8-10-21(20(19)23-17)9-5-11-24(16-21)12-13-25-15-18-6-3-2-4-7-18/h2-4,6-7,14H,5,8-13,15-16H2,1H3. The third-order valence-electron chi connectivity index (χ3n) is 5.68. The van der Waals surface area contributed by atoms with Crippen molar-refractivity contribution in [3.8, 4) is 0 Å². The molecule has 4 heteroatoms. The number of aromatic nitrogens is 2. The van der Waals surface area contributed by atoms with E-state index in [9.17, 15) is 0 Å². The van der Waals surface area contributed by atoms with Crippen LogP contribution in [0.1, 0.15) is 41.9 Å². The zero-order valence-electron chi connectivity index (χ0n) is 15.1. The molecule has 1 spiro atoms. The molecule has 0 saturated carbocycles. The van der Waals surface area contributed by atoms with Gasteiger partial charge in [-0.3, -0.25) is 0 Å². The van der Waals surface area contributed by atoms with Crippen LogP contribution in [0, 0.1) is 6.92 Å².